The number of alkyl halides is 4. The minimum absolute atomic E-state index is 0.00801. The van der Waals surface area contributed by atoms with Gasteiger partial charge >= 0.3 is 12.3 Å². The van der Waals surface area contributed by atoms with Crippen molar-refractivity contribution in [3.05, 3.63) is 36.0 Å². The molecule has 3 N–H and O–H groups in total. The fourth-order valence-corrected chi connectivity index (χ4v) is 9.13. The molecule has 3 heterocycles. The van der Waals surface area contributed by atoms with E-state index in [4.69, 9.17) is 14.2 Å². The lowest BCUT2D eigenvalue weighted by Gasteiger charge is -2.34. The Morgan fingerprint density at radius 1 is 1.08 bits per heavy atom. The normalized spacial score (nSPS) is 28.6. The van der Waals surface area contributed by atoms with Crippen LogP contribution >= 0.6 is 0 Å². The number of hydrogen-bond acceptors (Lipinski definition) is 11. The van der Waals surface area contributed by atoms with E-state index in [-0.39, 0.29) is 44.0 Å². The number of rotatable bonds is 9. The van der Waals surface area contributed by atoms with Gasteiger partial charge in [-0.15, -0.1) is 0 Å². The van der Waals surface area contributed by atoms with Gasteiger partial charge in [0.05, 0.1) is 24.7 Å². The van der Waals surface area contributed by atoms with Crippen molar-refractivity contribution in [3.63, 3.8) is 0 Å². The monoisotopic (exact) mass is 854 g/mol. The number of aryl methyl sites for hydroxylation is 1. The molecular weight excluding hydrogens is 805 g/mol. The second kappa shape index (κ2) is 16.0. The summed E-state index contributed by atoms with van der Waals surface area (Å²) in [5.41, 5.74) is -3.34. The molecule has 3 fully saturated rings. The number of sulfonamides is 1. The van der Waals surface area contributed by atoms with Crippen LogP contribution in [0.2, 0.25) is 0 Å². The molecule has 4 aliphatic rings. The van der Waals surface area contributed by atoms with Gasteiger partial charge in [-0.25, -0.2) is 27.6 Å². The van der Waals surface area contributed by atoms with E-state index in [1.165, 1.54) is 7.11 Å². The predicted octanol–water partition coefficient (Wildman–Crippen LogP) is 4.57. The highest BCUT2D eigenvalue weighted by molar-refractivity contribution is 7.91. The summed E-state index contributed by atoms with van der Waals surface area (Å²) in [5.74, 6) is -3.49. The average Bonchev–Trinajstić information content (AvgIpc) is 4.06. The lowest BCUT2D eigenvalue weighted by atomic mass is 9.88. The number of nitrogens with zero attached hydrogens (tertiary/aromatic N) is 3. The number of alkyl carbamates (subject to hydrolysis) is 1. The second-order valence-electron chi connectivity index (χ2n) is 16.8. The van der Waals surface area contributed by atoms with Crippen LogP contribution in [0.5, 0.6) is 11.6 Å². The summed E-state index contributed by atoms with van der Waals surface area (Å²) < 4.78 is 98.0. The first kappa shape index (κ1) is 43.8. The van der Waals surface area contributed by atoms with Crippen molar-refractivity contribution in [1.82, 2.24) is 30.2 Å². The van der Waals surface area contributed by atoms with Crippen LogP contribution in [0.25, 0.3) is 11.0 Å². The van der Waals surface area contributed by atoms with Gasteiger partial charge in [-0.3, -0.25) is 19.1 Å². The maximum Gasteiger partial charge on any atom is 0.427 e. The Kier molecular flexibility index (Phi) is 11.9. The number of amides is 4. The van der Waals surface area contributed by atoms with Crippen molar-refractivity contribution in [2.45, 2.75) is 120 Å². The van der Waals surface area contributed by atoms with E-state index >= 15 is 0 Å². The lowest BCUT2D eigenvalue weighted by Crippen LogP contribution is -2.60. The average molecular weight is 855 g/mol. The number of allylic oxidation sites excluding steroid dienone is 1. The van der Waals surface area contributed by atoms with Gasteiger partial charge in [0.2, 0.25) is 33.3 Å². The van der Waals surface area contributed by atoms with Gasteiger partial charge in [0.1, 0.15) is 46.6 Å². The number of halogens is 4. The number of carbonyl (C=O) groups excluding carboxylic acids is 4. The standard InChI is InChI=1S/C39H50F4N6O9S/c1-21-9-7-8-10-24-18-38(24,34(52)48-59(54,55)37(20-40)13-14-37)47-31(50)29-17-26(57-32-23(3)44-28-16-25(56-6)11-12-27(28)45-32)19-49(29)33(51)30(22(2)15-21)46-35(53)58-36(4,5)39(41,42)43/h8,10-12,16,21-22,24,26,29-30H,7,9,13-15,17-20H2,1-6H3,(H,46,53)(H,47,50)(H,48,52)/t21-,22-,24-,26-,29+,30+,38-/m1/s1. The first-order valence-electron chi connectivity index (χ1n) is 19.5. The Labute approximate surface area is 339 Å². The van der Waals surface area contributed by atoms with Crippen LogP contribution in [0.1, 0.15) is 78.3 Å². The Morgan fingerprint density at radius 2 is 1.80 bits per heavy atom. The van der Waals surface area contributed by atoms with E-state index in [9.17, 15) is 45.2 Å². The van der Waals surface area contributed by atoms with Crippen molar-refractivity contribution < 1.29 is 59.4 Å². The maximum absolute atomic E-state index is 14.7. The second-order valence-corrected chi connectivity index (χ2v) is 18.9. The highest BCUT2D eigenvalue weighted by Crippen LogP contribution is 2.48. The van der Waals surface area contributed by atoms with Crippen LogP contribution in [-0.2, 0) is 29.1 Å². The molecular formula is C39H50F4N6O9S. The molecule has 4 amide bonds. The number of carbonyl (C=O) groups is 4. The summed E-state index contributed by atoms with van der Waals surface area (Å²) in [4.78, 5) is 66.5. The first-order chi connectivity index (χ1) is 27.5. The zero-order valence-corrected chi connectivity index (χ0v) is 34.5. The van der Waals surface area contributed by atoms with E-state index in [2.05, 4.69) is 20.6 Å². The number of nitrogens with one attached hydrogen (secondary N) is 3. The summed E-state index contributed by atoms with van der Waals surface area (Å²) in [6, 6.07) is 2.17. The number of benzene rings is 1. The van der Waals surface area contributed by atoms with E-state index in [1.54, 1.807) is 44.2 Å². The summed E-state index contributed by atoms with van der Waals surface area (Å²) in [6.45, 7) is 5.10. The van der Waals surface area contributed by atoms with Gasteiger partial charge in [0.25, 0.3) is 5.91 Å². The summed E-state index contributed by atoms with van der Waals surface area (Å²) >= 11 is 0. The number of fused-ring (bicyclic) bond motifs is 3. The molecule has 324 valence electrons. The summed E-state index contributed by atoms with van der Waals surface area (Å²) in [6.07, 6.45) is -2.57. The molecule has 1 aromatic carbocycles. The maximum atomic E-state index is 14.7. The van der Waals surface area contributed by atoms with Crippen molar-refractivity contribution in [3.8, 4) is 11.6 Å². The van der Waals surface area contributed by atoms with E-state index < -0.39 is 92.6 Å². The smallest absolute Gasteiger partial charge is 0.427 e. The van der Waals surface area contributed by atoms with Gasteiger partial charge < -0.3 is 29.7 Å². The number of methoxy groups -OCH3 is 1. The van der Waals surface area contributed by atoms with E-state index in [0.717, 1.165) is 4.90 Å². The molecule has 0 bridgehead atoms. The van der Waals surface area contributed by atoms with Gasteiger partial charge in [-0.05, 0) is 83.3 Å². The molecule has 2 saturated carbocycles. The van der Waals surface area contributed by atoms with Crippen molar-refractivity contribution >= 4 is 44.9 Å². The molecule has 6 rings (SSSR count). The van der Waals surface area contributed by atoms with Crippen LogP contribution in [0.4, 0.5) is 22.4 Å². The molecule has 1 saturated heterocycles. The highest BCUT2D eigenvalue weighted by atomic mass is 32.2. The minimum atomic E-state index is -4.93. The quantitative estimate of drug-likeness (QED) is 0.236. The molecule has 59 heavy (non-hydrogen) atoms. The van der Waals surface area contributed by atoms with Gasteiger partial charge in [0, 0.05) is 18.4 Å². The fourth-order valence-electron chi connectivity index (χ4n) is 7.70. The van der Waals surface area contributed by atoms with Crippen LogP contribution in [-0.4, -0.2) is 108 Å². The molecule has 20 heteroatoms. The van der Waals surface area contributed by atoms with Crippen LogP contribution in [0.15, 0.2) is 30.4 Å². The van der Waals surface area contributed by atoms with Gasteiger partial charge in [-0.1, -0.05) is 26.0 Å². The van der Waals surface area contributed by atoms with Gasteiger partial charge in [0.15, 0.2) is 0 Å². The zero-order chi connectivity index (χ0) is 43.3. The highest BCUT2D eigenvalue weighted by Gasteiger charge is 2.64. The third-order valence-electron chi connectivity index (χ3n) is 11.9. The van der Waals surface area contributed by atoms with Crippen molar-refractivity contribution in [2.24, 2.45) is 17.8 Å². The molecule has 15 nitrogen and oxygen atoms in total. The third-order valence-corrected chi connectivity index (χ3v) is 14.0. The van der Waals surface area contributed by atoms with Crippen molar-refractivity contribution in [2.75, 3.05) is 20.3 Å². The first-order valence-corrected chi connectivity index (χ1v) is 21.0. The van der Waals surface area contributed by atoms with Crippen LogP contribution in [0, 0.1) is 24.7 Å². The number of ether oxygens (including phenoxy) is 3. The van der Waals surface area contributed by atoms with Crippen molar-refractivity contribution in [1.29, 1.82) is 0 Å². The molecule has 1 aromatic heterocycles. The van der Waals surface area contributed by atoms with Crippen LogP contribution in [0.3, 0.4) is 0 Å². The third kappa shape index (κ3) is 8.92. The van der Waals surface area contributed by atoms with E-state index in [0.29, 0.717) is 55.6 Å². The summed E-state index contributed by atoms with van der Waals surface area (Å²) in [5, 5.41) is 5.06. The lowest BCUT2D eigenvalue weighted by molar-refractivity contribution is -0.244. The Balaban J connectivity index is 1.35. The predicted molar refractivity (Wildman–Crippen MR) is 204 cm³/mol. The Hall–Kier alpha value is -4.75. The summed E-state index contributed by atoms with van der Waals surface area (Å²) in [7, 11) is -2.96. The molecule has 7 atom stereocenters. The number of aromatic nitrogens is 2. The fraction of sp³-hybridized carbons (Fsp3) is 0.641. The number of hydrogen-bond donors (Lipinski definition) is 3. The minimum Gasteiger partial charge on any atom is -0.497 e. The van der Waals surface area contributed by atoms with Gasteiger partial charge in [-0.2, -0.15) is 13.2 Å². The van der Waals surface area contributed by atoms with E-state index in [1.807, 2.05) is 11.6 Å². The molecule has 0 radical (unpaired) electrons. The molecule has 2 aliphatic carbocycles. The molecule has 2 aliphatic heterocycles. The van der Waals surface area contributed by atoms with Crippen LogP contribution < -0.4 is 24.8 Å². The molecule has 0 unspecified atom stereocenters. The molecule has 0 spiro atoms. The SMILES string of the molecule is COc1ccc2nc(O[C@@H]3C[C@H]4C(=O)N[C@]5(C(=O)NS(=O)(=O)C6(CF)CC6)C[C@H]5C=CCC[C@@H](C)C[C@@H](C)[C@H](NC(=O)OC(C)(C)C(F)(F)F)C(=O)N4C3)c(C)nc2c1. The Morgan fingerprint density at radius 3 is 2.44 bits per heavy atom. The molecule has 2 aromatic rings. The largest absolute Gasteiger partial charge is 0.497 e. The Bertz CT molecular complexity index is 2130. The topological polar surface area (TPSA) is 195 Å². The zero-order valence-electron chi connectivity index (χ0n) is 33.7.